The molecule has 0 spiro atoms. The predicted octanol–water partition coefficient (Wildman–Crippen LogP) is 3.08. The first-order valence-electron chi connectivity index (χ1n) is 7.26. The summed E-state index contributed by atoms with van der Waals surface area (Å²) in [6.45, 7) is 2.59. The van der Waals surface area contributed by atoms with Crippen molar-refractivity contribution in [1.29, 1.82) is 0 Å². The summed E-state index contributed by atoms with van der Waals surface area (Å²) < 4.78 is 0. The molecule has 1 amide bonds. The van der Waals surface area contributed by atoms with Gasteiger partial charge < -0.3 is 10.0 Å². The van der Waals surface area contributed by atoms with Gasteiger partial charge in [-0.15, -0.1) is 11.3 Å². The SMILES string of the molecule is CCc1ccsc1C(=O)N(CCO)C1CCCCC1. The lowest BCUT2D eigenvalue weighted by molar-refractivity contribution is 0.0589. The van der Waals surface area contributed by atoms with Gasteiger partial charge in [0.15, 0.2) is 0 Å². The lowest BCUT2D eigenvalue weighted by Crippen LogP contribution is -2.43. The Morgan fingerprint density at radius 1 is 1.42 bits per heavy atom. The van der Waals surface area contributed by atoms with E-state index in [0.29, 0.717) is 12.6 Å². The highest BCUT2D eigenvalue weighted by molar-refractivity contribution is 7.12. The Hall–Kier alpha value is -0.870. The Bertz CT molecular complexity index is 410. The fraction of sp³-hybridized carbons (Fsp3) is 0.667. The van der Waals surface area contributed by atoms with Crippen LogP contribution in [0.3, 0.4) is 0 Å². The minimum atomic E-state index is 0.0507. The third kappa shape index (κ3) is 3.37. The molecule has 0 atom stereocenters. The number of carbonyl (C=O) groups excluding carboxylic acids is 1. The average Bonchev–Trinajstić information content (AvgIpc) is 2.93. The topological polar surface area (TPSA) is 40.5 Å². The van der Waals surface area contributed by atoms with Crippen LogP contribution in [0.5, 0.6) is 0 Å². The number of aliphatic hydroxyl groups excluding tert-OH is 1. The number of hydrogen-bond acceptors (Lipinski definition) is 3. The van der Waals surface area contributed by atoms with Crippen molar-refractivity contribution < 1.29 is 9.90 Å². The normalized spacial score (nSPS) is 16.5. The van der Waals surface area contributed by atoms with Crippen LogP contribution in [0.4, 0.5) is 0 Å². The lowest BCUT2D eigenvalue weighted by atomic mass is 9.94. The fourth-order valence-corrected chi connectivity index (χ4v) is 3.83. The largest absolute Gasteiger partial charge is 0.395 e. The van der Waals surface area contributed by atoms with E-state index in [-0.39, 0.29) is 12.5 Å². The van der Waals surface area contributed by atoms with Gasteiger partial charge in [0, 0.05) is 12.6 Å². The van der Waals surface area contributed by atoms with Crippen LogP contribution in [0.15, 0.2) is 11.4 Å². The molecule has 4 heteroatoms. The van der Waals surface area contributed by atoms with E-state index in [1.54, 1.807) is 0 Å². The van der Waals surface area contributed by atoms with Crippen LogP contribution < -0.4 is 0 Å². The van der Waals surface area contributed by atoms with Gasteiger partial charge in [0.2, 0.25) is 0 Å². The van der Waals surface area contributed by atoms with E-state index in [2.05, 4.69) is 6.92 Å². The van der Waals surface area contributed by atoms with Gasteiger partial charge in [0.1, 0.15) is 0 Å². The minimum absolute atomic E-state index is 0.0507. The summed E-state index contributed by atoms with van der Waals surface area (Å²) in [5, 5.41) is 11.2. The second-order valence-corrected chi connectivity index (χ2v) is 6.06. The maximum atomic E-state index is 12.7. The van der Waals surface area contributed by atoms with E-state index in [0.717, 1.165) is 29.7 Å². The number of amides is 1. The highest BCUT2D eigenvalue weighted by Gasteiger charge is 2.27. The van der Waals surface area contributed by atoms with E-state index in [1.807, 2.05) is 16.3 Å². The first-order valence-corrected chi connectivity index (χ1v) is 8.14. The van der Waals surface area contributed by atoms with Crippen LogP contribution in [0.25, 0.3) is 0 Å². The molecule has 0 bridgehead atoms. The van der Waals surface area contributed by atoms with Crippen molar-refractivity contribution in [1.82, 2.24) is 4.90 Å². The molecule has 1 aliphatic carbocycles. The quantitative estimate of drug-likeness (QED) is 0.901. The Kier molecular flexibility index (Phi) is 5.40. The van der Waals surface area contributed by atoms with Gasteiger partial charge in [-0.25, -0.2) is 0 Å². The van der Waals surface area contributed by atoms with Gasteiger partial charge >= 0.3 is 0 Å². The second-order valence-electron chi connectivity index (χ2n) is 5.14. The molecule has 1 heterocycles. The van der Waals surface area contributed by atoms with E-state index < -0.39 is 0 Å². The van der Waals surface area contributed by atoms with Gasteiger partial charge in [-0.05, 0) is 36.3 Å². The fourth-order valence-electron chi connectivity index (χ4n) is 2.88. The van der Waals surface area contributed by atoms with E-state index >= 15 is 0 Å². The minimum Gasteiger partial charge on any atom is -0.395 e. The highest BCUT2D eigenvalue weighted by atomic mass is 32.1. The van der Waals surface area contributed by atoms with Gasteiger partial charge in [-0.2, -0.15) is 0 Å². The molecule has 3 nitrogen and oxygen atoms in total. The molecule has 0 aromatic carbocycles. The summed E-state index contributed by atoms with van der Waals surface area (Å²) in [4.78, 5) is 15.5. The zero-order valence-electron chi connectivity index (χ0n) is 11.6. The number of rotatable bonds is 5. The molecule has 1 aliphatic rings. The van der Waals surface area contributed by atoms with Gasteiger partial charge in [0.05, 0.1) is 11.5 Å². The van der Waals surface area contributed by atoms with Crippen LogP contribution in [0.1, 0.15) is 54.3 Å². The molecule has 1 aromatic rings. The van der Waals surface area contributed by atoms with Gasteiger partial charge in [-0.3, -0.25) is 4.79 Å². The third-order valence-electron chi connectivity index (χ3n) is 3.94. The molecule has 0 radical (unpaired) electrons. The molecular weight excluding hydrogens is 258 g/mol. The van der Waals surface area contributed by atoms with Crippen LogP contribution in [-0.4, -0.2) is 35.1 Å². The summed E-state index contributed by atoms with van der Waals surface area (Å²) in [7, 11) is 0. The maximum Gasteiger partial charge on any atom is 0.264 e. The molecular formula is C15H23NO2S. The Balaban J connectivity index is 2.15. The van der Waals surface area contributed by atoms with Crippen molar-refractivity contribution in [3.05, 3.63) is 21.9 Å². The summed E-state index contributed by atoms with van der Waals surface area (Å²) in [6, 6.07) is 2.36. The zero-order chi connectivity index (χ0) is 13.7. The molecule has 2 rings (SSSR count). The number of nitrogens with zero attached hydrogens (tertiary/aromatic N) is 1. The predicted molar refractivity (Wildman–Crippen MR) is 78.7 cm³/mol. The van der Waals surface area contributed by atoms with E-state index in [4.69, 9.17) is 0 Å². The number of aryl methyl sites for hydroxylation is 1. The summed E-state index contributed by atoms with van der Waals surface area (Å²) in [5.74, 6) is 0.118. The van der Waals surface area contributed by atoms with Crippen LogP contribution in [0.2, 0.25) is 0 Å². The van der Waals surface area contributed by atoms with E-state index in [9.17, 15) is 9.90 Å². The molecule has 0 unspecified atom stereocenters. The van der Waals surface area contributed by atoms with E-state index in [1.165, 1.54) is 30.6 Å². The zero-order valence-corrected chi connectivity index (χ0v) is 12.4. The van der Waals surface area contributed by atoms with Crippen molar-refractivity contribution in [3.63, 3.8) is 0 Å². The summed E-state index contributed by atoms with van der Waals surface area (Å²) in [6.07, 6.45) is 6.73. The highest BCUT2D eigenvalue weighted by Crippen LogP contribution is 2.26. The van der Waals surface area contributed by atoms with Crippen molar-refractivity contribution >= 4 is 17.2 Å². The number of thiophene rings is 1. The summed E-state index contributed by atoms with van der Waals surface area (Å²) in [5.41, 5.74) is 1.13. The Morgan fingerprint density at radius 2 is 2.16 bits per heavy atom. The van der Waals surface area contributed by atoms with Crippen LogP contribution >= 0.6 is 11.3 Å². The summed E-state index contributed by atoms with van der Waals surface area (Å²) >= 11 is 1.53. The molecule has 106 valence electrons. The molecule has 1 aromatic heterocycles. The number of carbonyl (C=O) groups is 1. The molecule has 0 aliphatic heterocycles. The molecule has 1 N–H and O–H groups in total. The second kappa shape index (κ2) is 7.06. The standard InChI is InChI=1S/C15H23NO2S/c1-2-12-8-11-19-14(12)15(18)16(9-10-17)13-6-4-3-5-7-13/h8,11,13,17H,2-7,9-10H2,1H3. The van der Waals surface area contributed by atoms with Crippen molar-refractivity contribution in [2.24, 2.45) is 0 Å². The number of aliphatic hydroxyl groups is 1. The Morgan fingerprint density at radius 3 is 2.79 bits per heavy atom. The molecule has 1 saturated carbocycles. The van der Waals surface area contributed by atoms with Crippen molar-refractivity contribution in [2.75, 3.05) is 13.2 Å². The monoisotopic (exact) mass is 281 g/mol. The van der Waals surface area contributed by atoms with Crippen LogP contribution in [0, 0.1) is 0 Å². The van der Waals surface area contributed by atoms with Crippen molar-refractivity contribution in [2.45, 2.75) is 51.5 Å². The molecule has 1 fully saturated rings. The number of hydrogen-bond donors (Lipinski definition) is 1. The Labute approximate surface area is 119 Å². The first-order chi connectivity index (χ1) is 9.27. The van der Waals surface area contributed by atoms with Gasteiger partial charge in [-0.1, -0.05) is 26.2 Å². The average molecular weight is 281 g/mol. The smallest absolute Gasteiger partial charge is 0.264 e. The van der Waals surface area contributed by atoms with Crippen molar-refractivity contribution in [3.8, 4) is 0 Å². The van der Waals surface area contributed by atoms with Gasteiger partial charge in [0.25, 0.3) is 5.91 Å². The molecule has 19 heavy (non-hydrogen) atoms. The molecule has 0 saturated heterocycles. The third-order valence-corrected chi connectivity index (χ3v) is 4.88. The lowest BCUT2D eigenvalue weighted by Gasteiger charge is -2.34. The maximum absolute atomic E-state index is 12.7. The first kappa shape index (κ1) is 14.5. The van der Waals surface area contributed by atoms with Crippen LogP contribution in [-0.2, 0) is 6.42 Å².